The van der Waals surface area contributed by atoms with Crippen LogP contribution in [-0.4, -0.2) is 30.0 Å². The molecule has 0 radical (unpaired) electrons. The number of aromatic nitrogens is 1. The molecular weight excluding hydrogens is 368 g/mol. The van der Waals surface area contributed by atoms with Crippen LogP contribution in [0.5, 0.6) is 5.75 Å². The van der Waals surface area contributed by atoms with E-state index < -0.39 is 5.97 Å². The Morgan fingerprint density at radius 3 is 2.28 bits per heavy atom. The standard InChI is InChI=1S/C23H20N2O4/c1-15-12-21(16(2)25(15)19-8-10-20(28-3)11-9-19)22(26)14-29-23(27)18-6-4-17(13-24)5-7-18/h4-12H,14H2,1-3H3. The van der Waals surface area contributed by atoms with Crippen molar-refractivity contribution in [2.24, 2.45) is 0 Å². The van der Waals surface area contributed by atoms with Crippen LogP contribution in [0.1, 0.15) is 37.7 Å². The van der Waals surface area contributed by atoms with Crippen LogP contribution in [0.25, 0.3) is 5.69 Å². The molecule has 3 aromatic rings. The summed E-state index contributed by atoms with van der Waals surface area (Å²) in [6.07, 6.45) is 0. The van der Waals surface area contributed by atoms with Crippen molar-refractivity contribution in [3.63, 3.8) is 0 Å². The molecule has 2 aromatic carbocycles. The number of ether oxygens (including phenoxy) is 2. The minimum absolute atomic E-state index is 0.278. The summed E-state index contributed by atoms with van der Waals surface area (Å²) in [4.78, 5) is 24.8. The third-order valence-corrected chi connectivity index (χ3v) is 4.65. The van der Waals surface area contributed by atoms with Crippen molar-refractivity contribution in [3.05, 3.63) is 82.7 Å². The van der Waals surface area contributed by atoms with Crippen molar-refractivity contribution in [2.45, 2.75) is 13.8 Å². The Morgan fingerprint density at radius 2 is 1.69 bits per heavy atom. The average Bonchev–Trinajstić information content (AvgIpc) is 3.05. The summed E-state index contributed by atoms with van der Waals surface area (Å²) < 4.78 is 12.3. The van der Waals surface area contributed by atoms with Gasteiger partial charge in [0.1, 0.15) is 5.75 Å². The highest BCUT2D eigenvalue weighted by atomic mass is 16.5. The van der Waals surface area contributed by atoms with Crippen molar-refractivity contribution in [1.82, 2.24) is 4.57 Å². The molecule has 1 aromatic heterocycles. The molecule has 0 fully saturated rings. The molecule has 0 aliphatic rings. The number of nitriles is 1. The molecule has 0 unspecified atom stereocenters. The Labute approximate surface area is 168 Å². The van der Waals surface area contributed by atoms with Crippen molar-refractivity contribution >= 4 is 11.8 Å². The van der Waals surface area contributed by atoms with Gasteiger partial charge in [0, 0.05) is 22.6 Å². The van der Waals surface area contributed by atoms with Crippen molar-refractivity contribution in [2.75, 3.05) is 13.7 Å². The molecule has 0 saturated heterocycles. The van der Waals surface area contributed by atoms with Crippen molar-refractivity contribution < 1.29 is 19.1 Å². The number of carbonyl (C=O) groups is 2. The summed E-state index contributed by atoms with van der Waals surface area (Å²) in [6.45, 7) is 3.41. The molecule has 146 valence electrons. The minimum atomic E-state index is -0.605. The maximum Gasteiger partial charge on any atom is 0.338 e. The van der Waals surface area contributed by atoms with Crippen molar-refractivity contribution in [3.8, 4) is 17.5 Å². The van der Waals surface area contributed by atoms with Gasteiger partial charge in [0.2, 0.25) is 5.78 Å². The molecule has 29 heavy (non-hydrogen) atoms. The van der Waals surface area contributed by atoms with Gasteiger partial charge >= 0.3 is 5.97 Å². The topological polar surface area (TPSA) is 81.3 Å². The fourth-order valence-corrected chi connectivity index (χ4v) is 3.15. The summed E-state index contributed by atoms with van der Waals surface area (Å²) in [5.41, 5.74) is 3.83. The summed E-state index contributed by atoms with van der Waals surface area (Å²) in [6, 6.07) is 17.4. The number of ketones is 1. The fourth-order valence-electron chi connectivity index (χ4n) is 3.15. The minimum Gasteiger partial charge on any atom is -0.497 e. The maximum atomic E-state index is 12.6. The second-order valence-electron chi connectivity index (χ2n) is 6.51. The molecule has 6 nitrogen and oxygen atoms in total. The number of hydrogen-bond donors (Lipinski definition) is 0. The number of nitrogens with zero attached hydrogens (tertiary/aromatic N) is 2. The van der Waals surface area contributed by atoms with Gasteiger partial charge in [-0.2, -0.15) is 5.26 Å². The van der Waals surface area contributed by atoms with E-state index in [4.69, 9.17) is 14.7 Å². The predicted molar refractivity (Wildman–Crippen MR) is 108 cm³/mol. The van der Waals surface area contributed by atoms with Gasteiger partial charge in [-0.3, -0.25) is 4.79 Å². The second-order valence-corrected chi connectivity index (χ2v) is 6.51. The summed E-state index contributed by atoms with van der Waals surface area (Å²) >= 11 is 0. The van der Waals surface area contributed by atoms with Gasteiger partial charge in [-0.15, -0.1) is 0 Å². The first-order chi connectivity index (χ1) is 13.9. The number of aryl methyl sites for hydroxylation is 1. The van der Waals surface area contributed by atoms with Crippen LogP contribution in [0.4, 0.5) is 0 Å². The molecule has 0 saturated carbocycles. The number of hydrogen-bond acceptors (Lipinski definition) is 5. The highest BCUT2D eigenvalue weighted by Crippen LogP contribution is 2.23. The van der Waals surface area contributed by atoms with Gasteiger partial charge < -0.3 is 14.0 Å². The SMILES string of the molecule is COc1ccc(-n2c(C)cc(C(=O)COC(=O)c3ccc(C#N)cc3)c2C)cc1. The number of rotatable bonds is 6. The van der Waals surface area contributed by atoms with Crippen LogP contribution in [0, 0.1) is 25.2 Å². The Balaban J connectivity index is 1.74. The van der Waals surface area contributed by atoms with Crippen LogP contribution < -0.4 is 4.74 Å². The zero-order chi connectivity index (χ0) is 21.0. The molecule has 0 amide bonds. The molecule has 0 atom stereocenters. The van der Waals surface area contributed by atoms with E-state index in [-0.39, 0.29) is 12.4 Å². The fraction of sp³-hybridized carbons (Fsp3) is 0.174. The lowest BCUT2D eigenvalue weighted by Crippen LogP contribution is -2.15. The Hall–Kier alpha value is -3.85. The van der Waals surface area contributed by atoms with E-state index in [1.807, 2.05) is 48.7 Å². The van der Waals surface area contributed by atoms with Crippen LogP contribution in [0.3, 0.4) is 0 Å². The number of benzene rings is 2. The predicted octanol–water partition coefficient (Wildman–Crippen LogP) is 4.01. The maximum absolute atomic E-state index is 12.6. The summed E-state index contributed by atoms with van der Waals surface area (Å²) in [5.74, 6) is -0.131. The first kappa shape index (κ1) is 19.9. The molecule has 3 rings (SSSR count). The highest BCUT2D eigenvalue weighted by Gasteiger charge is 2.18. The third-order valence-electron chi connectivity index (χ3n) is 4.65. The van der Waals surface area contributed by atoms with Crippen LogP contribution in [0.2, 0.25) is 0 Å². The highest BCUT2D eigenvalue weighted by molar-refractivity contribution is 6.00. The monoisotopic (exact) mass is 388 g/mol. The Morgan fingerprint density at radius 1 is 1.03 bits per heavy atom. The molecule has 1 heterocycles. The molecular formula is C23H20N2O4. The van der Waals surface area contributed by atoms with E-state index in [0.29, 0.717) is 16.7 Å². The van der Waals surface area contributed by atoms with Crippen LogP contribution in [-0.2, 0) is 4.74 Å². The van der Waals surface area contributed by atoms with E-state index in [9.17, 15) is 9.59 Å². The molecule has 6 heteroatoms. The zero-order valence-corrected chi connectivity index (χ0v) is 16.4. The van der Waals surface area contributed by atoms with Crippen molar-refractivity contribution in [1.29, 1.82) is 5.26 Å². The zero-order valence-electron chi connectivity index (χ0n) is 16.4. The normalized spacial score (nSPS) is 10.3. The largest absolute Gasteiger partial charge is 0.497 e. The third kappa shape index (κ3) is 4.19. The average molecular weight is 388 g/mol. The molecule has 0 bridgehead atoms. The van der Waals surface area contributed by atoms with Gasteiger partial charge in [0.15, 0.2) is 6.61 Å². The van der Waals surface area contributed by atoms with E-state index in [1.165, 1.54) is 24.3 Å². The summed E-state index contributed by atoms with van der Waals surface area (Å²) in [5, 5.41) is 8.81. The number of Topliss-reactive ketones (excluding diaryl/α,β-unsaturated/α-hetero) is 1. The number of methoxy groups -OCH3 is 1. The molecule has 0 aliphatic carbocycles. The van der Waals surface area contributed by atoms with Gasteiger partial charge in [0.05, 0.1) is 24.3 Å². The van der Waals surface area contributed by atoms with E-state index in [1.54, 1.807) is 13.2 Å². The lowest BCUT2D eigenvalue weighted by Gasteiger charge is -2.11. The first-order valence-corrected chi connectivity index (χ1v) is 8.98. The first-order valence-electron chi connectivity index (χ1n) is 8.98. The molecule has 0 aliphatic heterocycles. The van der Waals surface area contributed by atoms with Gasteiger partial charge in [-0.25, -0.2) is 4.79 Å². The van der Waals surface area contributed by atoms with E-state index >= 15 is 0 Å². The van der Waals surface area contributed by atoms with Gasteiger partial charge in [-0.05, 0) is 68.4 Å². The Bertz CT molecular complexity index is 1090. The lowest BCUT2D eigenvalue weighted by molar-refractivity contribution is 0.0474. The van der Waals surface area contributed by atoms with Crippen LogP contribution in [0.15, 0.2) is 54.6 Å². The molecule has 0 N–H and O–H groups in total. The lowest BCUT2D eigenvalue weighted by atomic mass is 10.1. The summed E-state index contributed by atoms with van der Waals surface area (Å²) in [7, 11) is 1.61. The number of esters is 1. The van der Waals surface area contributed by atoms with E-state index in [2.05, 4.69) is 0 Å². The molecule has 0 spiro atoms. The number of carbonyl (C=O) groups excluding carboxylic acids is 2. The van der Waals surface area contributed by atoms with E-state index in [0.717, 1.165) is 22.8 Å². The van der Waals surface area contributed by atoms with Crippen LogP contribution >= 0.6 is 0 Å². The quantitative estimate of drug-likeness (QED) is 0.471. The second kappa shape index (κ2) is 8.44. The smallest absolute Gasteiger partial charge is 0.338 e. The Kier molecular flexibility index (Phi) is 5.79. The van der Waals surface area contributed by atoms with Gasteiger partial charge in [0.25, 0.3) is 0 Å². The van der Waals surface area contributed by atoms with Gasteiger partial charge in [-0.1, -0.05) is 0 Å².